The summed E-state index contributed by atoms with van der Waals surface area (Å²) in [7, 11) is 1.81. The molecule has 0 heterocycles. The number of nitrogen functional groups attached to an aromatic ring is 1. The van der Waals surface area contributed by atoms with Gasteiger partial charge in [-0.3, -0.25) is 5.41 Å². The van der Waals surface area contributed by atoms with Crippen LogP contribution in [0.2, 0.25) is 0 Å². The molecule has 2 aromatic carbocycles. The number of nitrogens with one attached hydrogen (secondary N) is 1. The quantitative estimate of drug-likeness (QED) is 0.666. The Labute approximate surface area is 116 Å². The van der Waals surface area contributed by atoms with Gasteiger partial charge in [0.15, 0.2) is 0 Å². The minimum atomic E-state index is -0.592. The van der Waals surface area contributed by atoms with Crippen molar-refractivity contribution in [1.82, 2.24) is 0 Å². The number of halogens is 2. The molecule has 0 aliphatic rings. The smallest absolute Gasteiger partial charge is 0.126 e. The van der Waals surface area contributed by atoms with Crippen LogP contribution in [-0.2, 0) is 6.54 Å². The predicted molar refractivity (Wildman–Crippen MR) is 75.9 cm³/mol. The average molecular weight is 275 g/mol. The highest BCUT2D eigenvalue weighted by Gasteiger charge is 2.07. The molecule has 3 nitrogen and oxygen atoms in total. The highest BCUT2D eigenvalue weighted by molar-refractivity contribution is 5.95. The zero-order chi connectivity index (χ0) is 14.7. The Morgan fingerprint density at radius 2 is 1.80 bits per heavy atom. The van der Waals surface area contributed by atoms with Crippen LogP contribution in [0.5, 0.6) is 0 Å². The summed E-state index contributed by atoms with van der Waals surface area (Å²) in [4.78, 5) is 1.83. The summed E-state index contributed by atoms with van der Waals surface area (Å²) in [5.74, 6) is -1.20. The first kappa shape index (κ1) is 14.0. The molecule has 104 valence electrons. The number of amidine groups is 1. The highest BCUT2D eigenvalue weighted by Crippen LogP contribution is 2.18. The summed E-state index contributed by atoms with van der Waals surface area (Å²) in [6, 6.07) is 10.6. The maximum atomic E-state index is 13.1. The lowest BCUT2D eigenvalue weighted by Crippen LogP contribution is -2.18. The molecule has 0 spiro atoms. The number of nitrogens with zero attached hydrogens (tertiary/aromatic N) is 1. The van der Waals surface area contributed by atoms with Crippen molar-refractivity contribution in [3.05, 3.63) is 65.2 Å². The fourth-order valence-corrected chi connectivity index (χ4v) is 1.98. The molecule has 0 unspecified atom stereocenters. The Morgan fingerprint density at radius 3 is 2.40 bits per heavy atom. The van der Waals surface area contributed by atoms with Crippen LogP contribution in [0.1, 0.15) is 11.1 Å². The lowest BCUT2D eigenvalue weighted by molar-refractivity contribution is 0.579. The van der Waals surface area contributed by atoms with Crippen LogP contribution in [0.15, 0.2) is 42.5 Å². The predicted octanol–water partition coefficient (Wildman–Crippen LogP) is 2.89. The number of nitrogens with two attached hydrogens (primary N) is 1. The summed E-state index contributed by atoms with van der Waals surface area (Å²) in [6.07, 6.45) is 0. The van der Waals surface area contributed by atoms with Crippen LogP contribution in [0.4, 0.5) is 14.5 Å². The molecule has 0 saturated carbocycles. The summed E-state index contributed by atoms with van der Waals surface area (Å²) >= 11 is 0. The Hall–Kier alpha value is -2.43. The SMILES string of the molecule is CN(Cc1cc(F)cc(F)c1)c1cccc(C(=N)N)c1. The number of anilines is 1. The fraction of sp³-hybridized carbons (Fsp3) is 0.133. The Bertz CT molecular complexity index is 621. The second kappa shape index (κ2) is 5.69. The van der Waals surface area contributed by atoms with Gasteiger partial charge in [-0.05, 0) is 29.8 Å². The third-order valence-electron chi connectivity index (χ3n) is 2.94. The van der Waals surface area contributed by atoms with Crippen molar-refractivity contribution in [2.45, 2.75) is 6.54 Å². The van der Waals surface area contributed by atoms with E-state index in [1.54, 1.807) is 18.2 Å². The first-order valence-electron chi connectivity index (χ1n) is 6.06. The second-order valence-corrected chi connectivity index (χ2v) is 4.60. The lowest BCUT2D eigenvalue weighted by atomic mass is 10.1. The molecule has 0 amide bonds. The molecule has 20 heavy (non-hydrogen) atoms. The van der Waals surface area contributed by atoms with Crippen LogP contribution in [0.25, 0.3) is 0 Å². The summed E-state index contributed by atoms with van der Waals surface area (Å²) in [5.41, 5.74) is 7.41. The average Bonchev–Trinajstić information content (AvgIpc) is 2.37. The van der Waals surface area contributed by atoms with Gasteiger partial charge < -0.3 is 10.6 Å². The summed E-state index contributed by atoms with van der Waals surface area (Å²) in [6.45, 7) is 0.357. The molecule has 2 rings (SSSR count). The number of hydrogen-bond acceptors (Lipinski definition) is 2. The first-order valence-corrected chi connectivity index (χ1v) is 6.06. The third-order valence-corrected chi connectivity index (χ3v) is 2.94. The molecule has 2 aromatic rings. The van der Waals surface area contributed by atoms with E-state index in [0.29, 0.717) is 17.7 Å². The van der Waals surface area contributed by atoms with E-state index in [2.05, 4.69) is 0 Å². The minimum Gasteiger partial charge on any atom is -0.384 e. The van der Waals surface area contributed by atoms with Crippen molar-refractivity contribution in [3.63, 3.8) is 0 Å². The second-order valence-electron chi connectivity index (χ2n) is 4.60. The normalized spacial score (nSPS) is 10.3. The third kappa shape index (κ3) is 3.32. The standard InChI is InChI=1S/C15H15F2N3/c1-20(9-10-5-12(16)8-13(17)6-10)14-4-2-3-11(7-14)15(18)19/h2-8H,9H2,1H3,(H3,18,19). The maximum absolute atomic E-state index is 13.1. The highest BCUT2D eigenvalue weighted by atomic mass is 19.1. The zero-order valence-electron chi connectivity index (χ0n) is 11.0. The van der Waals surface area contributed by atoms with Crippen molar-refractivity contribution >= 4 is 11.5 Å². The fourth-order valence-electron chi connectivity index (χ4n) is 1.98. The van der Waals surface area contributed by atoms with Gasteiger partial charge >= 0.3 is 0 Å². The van der Waals surface area contributed by atoms with Gasteiger partial charge in [0, 0.05) is 30.9 Å². The number of benzene rings is 2. The van der Waals surface area contributed by atoms with E-state index < -0.39 is 11.6 Å². The van der Waals surface area contributed by atoms with Crippen LogP contribution < -0.4 is 10.6 Å². The molecule has 0 radical (unpaired) electrons. The molecule has 0 aromatic heterocycles. The number of hydrogen-bond donors (Lipinski definition) is 2. The molecule has 0 fully saturated rings. The van der Waals surface area contributed by atoms with E-state index in [0.717, 1.165) is 11.8 Å². The van der Waals surface area contributed by atoms with Crippen molar-refractivity contribution in [1.29, 1.82) is 5.41 Å². The zero-order valence-corrected chi connectivity index (χ0v) is 11.0. The summed E-state index contributed by atoms with van der Waals surface area (Å²) in [5, 5.41) is 7.41. The van der Waals surface area contributed by atoms with Gasteiger partial charge in [-0.1, -0.05) is 12.1 Å². The monoisotopic (exact) mass is 275 g/mol. The van der Waals surface area contributed by atoms with Crippen molar-refractivity contribution < 1.29 is 8.78 Å². The van der Waals surface area contributed by atoms with E-state index in [4.69, 9.17) is 11.1 Å². The molecular formula is C15H15F2N3. The van der Waals surface area contributed by atoms with Gasteiger partial charge in [-0.25, -0.2) is 8.78 Å². The minimum absolute atomic E-state index is 0.0166. The van der Waals surface area contributed by atoms with Gasteiger partial charge in [0.2, 0.25) is 0 Å². The van der Waals surface area contributed by atoms with Gasteiger partial charge in [-0.15, -0.1) is 0 Å². The van der Waals surface area contributed by atoms with Crippen molar-refractivity contribution in [2.24, 2.45) is 5.73 Å². The van der Waals surface area contributed by atoms with Crippen LogP contribution in [0, 0.1) is 17.0 Å². The largest absolute Gasteiger partial charge is 0.384 e. The van der Waals surface area contributed by atoms with Gasteiger partial charge in [0.05, 0.1) is 0 Å². The maximum Gasteiger partial charge on any atom is 0.126 e. The van der Waals surface area contributed by atoms with Crippen LogP contribution >= 0.6 is 0 Å². The van der Waals surface area contributed by atoms with Gasteiger partial charge in [0.25, 0.3) is 0 Å². The Balaban J connectivity index is 2.21. The van der Waals surface area contributed by atoms with E-state index in [1.807, 2.05) is 18.0 Å². The van der Waals surface area contributed by atoms with Gasteiger partial charge in [0.1, 0.15) is 17.5 Å². The van der Waals surface area contributed by atoms with Crippen molar-refractivity contribution in [2.75, 3.05) is 11.9 Å². The van der Waals surface area contributed by atoms with Crippen molar-refractivity contribution in [3.8, 4) is 0 Å². The van der Waals surface area contributed by atoms with E-state index in [9.17, 15) is 8.78 Å². The van der Waals surface area contributed by atoms with Crippen LogP contribution in [-0.4, -0.2) is 12.9 Å². The molecule has 5 heteroatoms. The lowest BCUT2D eigenvalue weighted by Gasteiger charge is -2.20. The number of rotatable bonds is 4. The Morgan fingerprint density at radius 1 is 1.15 bits per heavy atom. The molecular weight excluding hydrogens is 260 g/mol. The molecule has 0 aliphatic carbocycles. The molecule has 0 atom stereocenters. The topological polar surface area (TPSA) is 53.1 Å². The summed E-state index contributed by atoms with van der Waals surface area (Å²) < 4.78 is 26.3. The van der Waals surface area contributed by atoms with E-state index >= 15 is 0 Å². The Kier molecular flexibility index (Phi) is 3.98. The van der Waals surface area contributed by atoms with Crippen LogP contribution in [0.3, 0.4) is 0 Å². The molecule has 0 saturated heterocycles. The van der Waals surface area contributed by atoms with E-state index in [-0.39, 0.29) is 5.84 Å². The molecule has 0 bridgehead atoms. The van der Waals surface area contributed by atoms with Gasteiger partial charge in [-0.2, -0.15) is 0 Å². The molecule has 0 aliphatic heterocycles. The first-order chi connectivity index (χ1) is 9.45. The van der Waals surface area contributed by atoms with E-state index in [1.165, 1.54) is 12.1 Å². The molecule has 3 N–H and O–H groups in total.